The highest BCUT2D eigenvalue weighted by atomic mass is 16.5. The van der Waals surface area contributed by atoms with Crippen LogP contribution in [0.4, 0.5) is 0 Å². The number of hydrogen-bond acceptors (Lipinski definition) is 5. The van der Waals surface area contributed by atoms with Crippen molar-refractivity contribution >= 4 is 19.5 Å². The van der Waals surface area contributed by atoms with Crippen molar-refractivity contribution in [3.8, 4) is 5.75 Å². The van der Waals surface area contributed by atoms with Gasteiger partial charge in [-0.1, -0.05) is 13.8 Å². The Labute approximate surface area is 133 Å². The molecule has 0 atom stereocenters. The minimum Gasteiger partial charge on any atom is -0.426 e. The molecule has 0 aliphatic rings. The van der Waals surface area contributed by atoms with Gasteiger partial charge in [0.25, 0.3) is 0 Å². The van der Waals surface area contributed by atoms with Crippen LogP contribution in [0, 0.1) is 13.8 Å². The lowest BCUT2D eigenvalue weighted by Gasteiger charge is -2.28. The van der Waals surface area contributed by atoms with Gasteiger partial charge in [-0.15, -0.1) is 0 Å². The number of nitrogens with one attached hydrogen (secondary N) is 1. The zero-order valence-corrected chi connectivity index (χ0v) is 13.9. The maximum atomic E-state index is 11.9. The smallest absolute Gasteiger partial charge is 0.312 e. The molecule has 1 rings (SSSR count). The van der Waals surface area contributed by atoms with Crippen LogP contribution in [0.3, 0.4) is 0 Å². The van der Waals surface area contributed by atoms with Gasteiger partial charge in [0.15, 0.2) is 7.85 Å². The van der Waals surface area contributed by atoms with Gasteiger partial charge in [0.2, 0.25) is 0 Å². The van der Waals surface area contributed by atoms with Crippen LogP contribution in [-0.2, 0) is 15.0 Å². The molecule has 0 amide bonds. The van der Waals surface area contributed by atoms with Crippen LogP contribution in [-0.4, -0.2) is 38.1 Å². The summed E-state index contributed by atoms with van der Waals surface area (Å²) in [4.78, 5) is 27.7. The van der Waals surface area contributed by atoms with Crippen LogP contribution in [0.1, 0.15) is 43.6 Å². The molecule has 0 aliphatic carbocycles. The first-order valence-electron chi connectivity index (χ1n) is 7.29. The van der Waals surface area contributed by atoms with E-state index in [9.17, 15) is 9.59 Å². The molecule has 5 nitrogen and oxygen atoms in total. The molecule has 22 heavy (non-hydrogen) atoms. The van der Waals surface area contributed by atoms with Crippen molar-refractivity contribution in [1.82, 2.24) is 10.3 Å². The van der Waals surface area contributed by atoms with Gasteiger partial charge in [-0.3, -0.25) is 9.78 Å². The fourth-order valence-corrected chi connectivity index (χ4v) is 2.62. The molecule has 1 aromatic heterocycles. The minimum absolute atomic E-state index is 0.152. The van der Waals surface area contributed by atoms with Crippen molar-refractivity contribution in [2.75, 3.05) is 13.6 Å². The van der Waals surface area contributed by atoms with E-state index in [1.54, 1.807) is 13.1 Å². The quantitative estimate of drug-likeness (QED) is 0.612. The van der Waals surface area contributed by atoms with Crippen LogP contribution < -0.4 is 10.1 Å². The predicted molar refractivity (Wildman–Crippen MR) is 86.3 cm³/mol. The fraction of sp³-hybridized carbons (Fsp3) is 0.562. The number of aryl methyl sites for hydroxylation is 2. The predicted octanol–water partition coefficient (Wildman–Crippen LogP) is 1.58. The minimum atomic E-state index is -0.560. The van der Waals surface area contributed by atoms with E-state index >= 15 is 0 Å². The van der Waals surface area contributed by atoms with Crippen molar-refractivity contribution in [3.63, 3.8) is 0 Å². The van der Waals surface area contributed by atoms with E-state index in [0.29, 0.717) is 12.3 Å². The summed E-state index contributed by atoms with van der Waals surface area (Å²) < 4.78 is 5.51. The van der Waals surface area contributed by atoms with Gasteiger partial charge in [-0.2, -0.15) is 0 Å². The molecule has 0 fully saturated rings. The Kier molecular flexibility index (Phi) is 6.29. The molecule has 0 spiro atoms. The summed E-state index contributed by atoms with van der Waals surface area (Å²) >= 11 is 0. The van der Waals surface area contributed by atoms with E-state index in [1.165, 1.54) is 0 Å². The Bertz CT molecular complexity index is 571. The summed E-state index contributed by atoms with van der Waals surface area (Å²) in [5, 5.41) is 2.90. The maximum absolute atomic E-state index is 11.9. The Hall–Kier alpha value is -1.69. The van der Waals surface area contributed by atoms with Crippen molar-refractivity contribution in [2.45, 2.75) is 46.0 Å². The van der Waals surface area contributed by atoms with Crippen LogP contribution in [0.15, 0.2) is 6.07 Å². The topological polar surface area (TPSA) is 68.3 Å². The van der Waals surface area contributed by atoms with Gasteiger partial charge < -0.3 is 14.8 Å². The number of aromatic nitrogens is 1. The van der Waals surface area contributed by atoms with Gasteiger partial charge in [-0.05, 0) is 20.9 Å². The summed E-state index contributed by atoms with van der Waals surface area (Å²) in [6, 6.07) is 1.72. The normalized spacial score (nSPS) is 11.3. The number of carbonyl (C=O) groups is 2. The van der Waals surface area contributed by atoms with Gasteiger partial charge in [0.05, 0.1) is 12.1 Å². The molecule has 0 aliphatic heterocycles. The third kappa shape index (κ3) is 4.95. The van der Waals surface area contributed by atoms with Crippen LogP contribution >= 0.6 is 0 Å². The van der Waals surface area contributed by atoms with Crippen LogP contribution in [0.5, 0.6) is 5.75 Å². The zero-order chi connectivity index (χ0) is 16.9. The molecule has 6 heteroatoms. The lowest BCUT2D eigenvalue weighted by Crippen LogP contribution is -2.26. The first kappa shape index (κ1) is 18.4. The lowest BCUT2D eigenvalue weighted by molar-refractivity contribution is -0.134. The molecular weight excluding hydrogens is 279 g/mol. The first-order chi connectivity index (χ1) is 10.2. The molecule has 1 heterocycles. The average molecular weight is 302 g/mol. The fourth-order valence-electron chi connectivity index (χ4n) is 2.62. The van der Waals surface area contributed by atoms with Gasteiger partial charge >= 0.3 is 5.97 Å². The number of pyridine rings is 1. The zero-order valence-electron chi connectivity index (χ0n) is 13.9. The van der Waals surface area contributed by atoms with E-state index in [4.69, 9.17) is 12.6 Å². The highest BCUT2D eigenvalue weighted by Crippen LogP contribution is 2.36. The molecule has 2 radical (unpaired) electrons. The molecule has 0 saturated heterocycles. The van der Waals surface area contributed by atoms with Crippen molar-refractivity contribution < 1.29 is 14.3 Å². The molecule has 0 bridgehead atoms. The summed E-state index contributed by atoms with van der Waals surface area (Å²) in [7, 11) is 7.11. The van der Waals surface area contributed by atoms with E-state index < -0.39 is 11.1 Å². The number of esters is 1. The number of nitrogens with zero attached hydrogens (tertiary/aromatic N) is 1. The molecule has 0 saturated carbocycles. The van der Waals surface area contributed by atoms with Crippen molar-refractivity contribution in [2.24, 2.45) is 0 Å². The highest BCUT2D eigenvalue weighted by molar-refractivity contribution is 6.57. The largest absolute Gasteiger partial charge is 0.426 e. The van der Waals surface area contributed by atoms with E-state index in [0.717, 1.165) is 17.0 Å². The second-order valence-electron chi connectivity index (χ2n) is 6.08. The summed E-state index contributed by atoms with van der Waals surface area (Å²) in [6.45, 7) is 8.00. The standard InChI is InChI=1S/C16H23BN2O3/c1-10-8-12(22-14(21)6-7-18-5)15(11(2)19-10)16(3,4)9-13(17)20/h8,18H,6-7,9H2,1-5H3. The molecule has 0 aromatic carbocycles. The Morgan fingerprint density at radius 1 is 1.36 bits per heavy atom. The molecular formula is C16H23BN2O3. The number of ether oxygens (including phenoxy) is 1. The van der Waals surface area contributed by atoms with Crippen LogP contribution in [0.25, 0.3) is 0 Å². The Morgan fingerprint density at radius 2 is 2.00 bits per heavy atom. The summed E-state index contributed by atoms with van der Waals surface area (Å²) in [5.74, 6) is 0.132. The van der Waals surface area contributed by atoms with E-state index in [-0.39, 0.29) is 18.8 Å². The van der Waals surface area contributed by atoms with E-state index in [2.05, 4.69) is 10.3 Å². The van der Waals surface area contributed by atoms with Gasteiger partial charge in [0, 0.05) is 41.4 Å². The monoisotopic (exact) mass is 302 g/mol. The number of rotatable bonds is 7. The second kappa shape index (κ2) is 7.54. The SMILES string of the molecule is [B]C(=O)CC(C)(C)c1c(OC(=O)CCNC)cc(C)nc1C. The highest BCUT2D eigenvalue weighted by Gasteiger charge is 2.29. The Balaban J connectivity index is 3.20. The lowest BCUT2D eigenvalue weighted by atomic mass is 9.75. The molecule has 1 aromatic rings. The van der Waals surface area contributed by atoms with Crippen molar-refractivity contribution in [1.29, 1.82) is 0 Å². The summed E-state index contributed by atoms with van der Waals surface area (Å²) in [6.07, 6.45) is 0.423. The van der Waals surface area contributed by atoms with Crippen LogP contribution in [0.2, 0.25) is 0 Å². The molecule has 118 valence electrons. The number of carbonyl (C=O) groups excluding carboxylic acids is 2. The van der Waals surface area contributed by atoms with Gasteiger partial charge in [0.1, 0.15) is 5.75 Å². The van der Waals surface area contributed by atoms with Gasteiger partial charge in [-0.25, -0.2) is 0 Å². The third-order valence-electron chi connectivity index (χ3n) is 3.39. The second-order valence-corrected chi connectivity index (χ2v) is 6.08. The number of hydrogen-bond donors (Lipinski definition) is 1. The molecule has 1 N–H and O–H groups in total. The maximum Gasteiger partial charge on any atom is 0.312 e. The molecule has 0 unspecified atom stereocenters. The Morgan fingerprint density at radius 3 is 2.55 bits per heavy atom. The first-order valence-corrected chi connectivity index (χ1v) is 7.29. The van der Waals surface area contributed by atoms with E-state index in [1.807, 2.05) is 27.7 Å². The summed E-state index contributed by atoms with van der Waals surface area (Å²) in [5.41, 5.74) is 1.28. The third-order valence-corrected chi connectivity index (χ3v) is 3.39. The average Bonchev–Trinajstić information content (AvgIpc) is 2.33. The van der Waals surface area contributed by atoms with Crippen molar-refractivity contribution in [3.05, 3.63) is 23.0 Å².